The SMILES string of the molecule is O=C(O)CC(O)C(=O)OCC1OC(O)C(O)C(O)C1OC1OC(CO)C(O)C(O)C1O. The molecule has 2 aliphatic rings. The lowest BCUT2D eigenvalue weighted by Crippen LogP contribution is -2.64. The quantitative estimate of drug-likeness (QED) is 0.153. The maximum Gasteiger partial charge on any atom is 0.335 e. The zero-order chi connectivity index (χ0) is 23.5. The molecule has 15 heteroatoms. The van der Waals surface area contributed by atoms with E-state index >= 15 is 0 Å². The Bertz CT molecular complexity index is 614. The lowest BCUT2D eigenvalue weighted by Gasteiger charge is -2.45. The highest BCUT2D eigenvalue weighted by atomic mass is 16.7. The van der Waals surface area contributed by atoms with Crippen LogP contribution in [0.2, 0.25) is 0 Å². The largest absolute Gasteiger partial charge is 0.481 e. The van der Waals surface area contributed by atoms with Gasteiger partial charge in [-0.05, 0) is 0 Å². The van der Waals surface area contributed by atoms with Gasteiger partial charge in [0, 0.05) is 0 Å². The van der Waals surface area contributed by atoms with Crippen molar-refractivity contribution in [2.24, 2.45) is 0 Å². The summed E-state index contributed by atoms with van der Waals surface area (Å²) in [7, 11) is 0. The molecule has 2 aliphatic heterocycles. The topological polar surface area (TPSA) is 253 Å². The second-order valence-electron chi connectivity index (χ2n) is 7.09. The van der Waals surface area contributed by atoms with Crippen LogP contribution in [0.4, 0.5) is 0 Å². The van der Waals surface area contributed by atoms with Crippen molar-refractivity contribution in [3.05, 3.63) is 0 Å². The standard InChI is InChI=1S/C16H26O15/c17-2-5-8(21)9(22)12(25)16(30-5)31-13-6(29-15(27)11(24)10(13)23)3-28-14(26)4(18)1-7(19)20/h4-6,8-13,15-18,21-25,27H,1-3H2,(H,19,20). The minimum Gasteiger partial charge on any atom is -0.481 e. The van der Waals surface area contributed by atoms with Crippen molar-refractivity contribution in [3.8, 4) is 0 Å². The molecule has 0 radical (unpaired) electrons. The number of carboxylic acids is 1. The summed E-state index contributed by atoms with van der Waals surface area (Å²) in [6.45, 7) is -1.56. The Balaban J connectivity index is 2.11. The molecule has 0 saturated carbocycles. The van der Waals surface area contributed by atoms with Crippen molar-refractivity contribution >= 4 is 11.9 Å². The molecule has 11 unspecified atom stereocenters. The fourth-order valence-electron chi connectivity index (χ4n) is 3.07. The number of hydrogen-bond acceptors (Lipinski definition) is 14. The van der Waals surface area contributed by atoms with E-state index in [1.807, 2.05) is 0 Å². The van der Waals surface area contributed by atoms with Crippen LogP contribution in [0.15, 0.2) is 0 Å². The van der Waals surface area contributed by atoms with Crippen LogP contribution in [-0.2, 0) is 28.5 Å². The average molecular weight is 458 g/mol. The smallest absolute Gasteiger partial charge is 0.335 e. The minimum absolute atomic E-state index is 0.766. The second-order valence-corrected chi connectivity index (χ2v) is 7.09. The fourth-order valence-corrected chi connectivity index (χ4v) is 3.07. The number of ether oxygens (including phenoxy) is 4. The van der Waals surface area contributed by atoms with Crippen LogP contribution in [0, 0.1) is 0 Å². The first-order valence-corrected chi connectivity index (χ1v) is 9.20. The van der Waals surface area contributed by atoms with Crippen LogP contribution < -0.4 is 0 Å². The van der Waals surface area contributed by atoms with Gasteiger partial charge >= 0.3 is 11.9 Å². The van der Waals surface area contributed by atoms with Gasteiger partial charge in [0.15, 0.2) is 18.7 Å². The maximum absolute atomic E-state index is 11.7. The molecule has 0 aromatic heterocycles. The molecule has 0 amide bonds. The van der Waals surface area contributed by atoms with Gasteiger partial charge in [0.25, 0.3) is 0 Å². The normalized spacial score (nSPS) is 42.1. The third kappa shape index (κ3) is 6.05. The van der Waals surface area contributed by atoms with E-state index in [1.54, 1.807) is 0 Å². The lowest BCUT2D eigenvalue weighted by molar-refractivity contribution is -0.355. The molecule has 9 N–H and O–H groups in total. The van der Waals surface area contributed by atoms with Gasteiger partial charge in [-0.2, -0.15) is 0 Å². The van der Waals surface area contributed by atoms with Gasteiger partial charge in [-0.15, -0.1) is 0 Å². The molecule has 180 valence electrons. The van der Waals surface area contributed by atoms with Crippen LogP contribution in [-0.4, -0.2) is 139 Å². The third-order valence-corrected chi connectivity index (χ3v) is 4.83. The highest BCUT2D eigenvalue weighted by Gasteiger charge is 2.50. The first kappa shape index (κ1) is 25.8. The highest BCUT2D eigenvalue weighted by molar-refractivity contribution is 5.80. The van der Waals surface area contributed by atoms with Gasteiger partial charge in [-0.25, -0.2) is 4.79 Å². The predicted molar refractivity (Wildman–Crippen MR) is 90.8 cm³/mol. The molecular weight excluding hydrogens is 432 g/mol. The van der Waals surface area contributed by atoms with Gasteiger partial charge in [-0.1, -0.05) is 0 Å². The van der Waals surface area contributed by atoms with Crippen LogP contribution >= 0.6 is 0 Å². The number of esters is 1. The van der Waals surface area contributed by atoms with Gasteiger partial charge < -0.3 is 64.9 Å². The first-order valence-electron chi connectivity index (χ1n) is 9.20. The summed E-state index contributed by atoms with van der Waals surface area (Å²) < 4.78 is 20.2. The molecule has 2 fully saturated rings. The van der Waals surface area contributed by atoms with Crippen molar-refractivity contribution in [1.82, 2.24) is 0 Å². The van der Waals surface area contributed by atoms with E-state index < -0.39 is 99.1 Å². The van der Waals surface area contributed by atoms with E-state index in [2.05, 4.69) is 0 Å². The van der Waals surface area contributed by atoms with Crippen molar-refractivity contribution in [1.29, 1.82) is 0 Å². The number of carbonyl (C=O) groups is 2. The molecule has 0 aromatic carbocycles. The van der Waals surface area contributed by atoms with Crippen LogP contribution in [0.3, 0.4) is 0 Å². The average Bonchev–Trinajstić information content (AvgIpc) is 2.72. The number of rotatable bonds is 8. The number of aliphatic hydroxyl groups is 8. The van der Waals surface area contributed by atoms with Crippen molar-refractivity contribution in [3.63, 3.8) is 0 Å². The van der Waals surface area contributed by atoms with Gasteiger partial charge in [0.1, 0.15) is 55.4 Å². The van der Waals surface area contributed by atoms with Crippen molar-refractivity contribution in [2.45, 2.75) is 73.9 Å². The van der Waals surface area contributed by atoms with E-state index in [0.717, 1.165) is 0 Å². The molecule has 2 rings (SSSR count). The number of carbonyl (C=O) groups excluding carboxylic acids is 1. The third-order valence-electron chi connectivity index (χ3n) is 4.83. The first-order chi connectivity index (χ1) is 14.5. The van der Waals surface area contributed by atoms with Crippen LogP contribution in [0.1, 0.15) is 6.42 Å². The Hall–Kier alpha value is -1.50. The second kappa shape index (κ2) is 10.9. The van der Waals surface area contributed by atoms with Crippen molar-refractivity contribution in [2.75, 3.05) is 13.2 Å². The summed E-state index contributed by atoms with van der Waals surface area (Å²) in [5.74, 6) is -2.83. The zero-order valence-corrected chi connectivity index (χ0v) is 15.9. The van der Waals surface area contributed by atoms with Gasteiger partial charge in [-0.3, -0.25) is 4.79 Å². The van der Waals surface area contributed by atoms with E-state index in [9.17, 15) is 50.4 Å². The highest BCUT2D eigenvalue weighted by Crippen LogP contribution is 2.28. The Labute approximate surface area is 174 Å². The number of aliphatic carboxylic acids is 1. The summed E-state index contributed by atoms with van der Waals surface area (Å²) in [4.78, 5) is 22.2. The van der Waals surface area contributed by atoms with E-state index in [4.69, 9.17) is 24.1 Å². The minimum atomic E-state index is -2.01. The molecular formula is C16H26O15. The number of hydrogen-bond donors (Lipinski definition) is 9. The van der Waals surface area contributed by atoms with Crippen molar-refractivity contribution < 1.29 is 74.5 Å². The summed E-state index contributed by atoms with van der Waals surface area (Å²) in [5.41, 5.74) is 0. The number of aliphatic hydroxyl groups excluding tert-OH is 8. The molecule has 0 aromatic rings. The molecule has 0 aliphatic carbocycles. The monoisotopic (exact) mass is 458 g/mol. The molecule has 15 nitrogen and oxygen atoms in total. The number of carboxylic acid groups (broad SMARTS) is 1. The summed E-state index contributed by atoms with van der Waals surface area (Å²) >= 11 is 0. The Kier molecular flexibility index (Phi) is 9.04. The van der Waals surface area contributed by atoms with E-state index in [-0.39, 0.29) is 0 Å². The Morgan fingerprint density at radius 2 is 1.52 bits per heavy atom. The van der Waals surface area contributed by atoms with E-state index in [1.165, 1.54) is 0 Å². The van der Waals surface area contributed by atoms with Gasteiger partial charge in [0.05, 0.1) is 13.0 Å². The van der Waals surface area contributed by atoms with Crippen LogP contribution in [0.5, 0.6) is 0 Å². The van der Waals surface area contributed by atoms with E-state index in [0.29, 0.717) is 0 Å². The molecule has 2 heterocycles. The summed E-state index contributed by atoms with van der Waals surface area (Å²) in [5, 5.41) is 86.7. The Morgan fingerprint density at radius 3 is 2.10 bits per heavy atom. The summed E-state index contributed by atoms with van der Waals surface area (Å²) in [6, 6.07) is 0. The predicted octanol–water partition coefficient (Wildman–Crippen LogP) is -6.01. The zero-order valence-electron chi connectivity index (χ0n) is 15.9. The molecule has 0 bridgehead atoms. The Morgan fingerprint density at radius 1 is 0.871 bits per heavy atom. The molecule has 31 heavy (non-hydrogen) atoms. The lowest BCUT2D eigenvalue weighted by atomic mass is 9.97. The van der Waals surface area contributed by atoms with Crippen LogP contribution in [0.25, 0.3) is 0 Å². The molecule has 2 saturated heterocycles. The molecule has 0 spiro atoms. The summed E-state index contributed by atoms with van der Waals surface area (Å²) in [6.07, 6.45) is -20.3. The van der Waals surface area contributed by atoms with Gasteiger partial charge in [0.2, 0.25) is 0 Å². The maximum atomic E-state index is 11.7. The fraction of sp³-hybridized carbons (Fsp3) is 0.875. The molecule has 11 atom stereocenters.